The van der Waals surface area contributed by atoms with Gasteiger partial charge in [-0.1, -0.05) is 6.07 Å². The summed E-state index contributed by atoms with van der Waals surface area (Å²) in [6.07, 6.45) is 5.68. The fourth-order valence-electron chi connectivity index (χ4n) is 4.91. The molecule has 6 rings (SSSR count). The minimum atomic E-state index is 0.744. The van der Waals surface area contributed by atoms with Crippen LogP contribution in [0.25, 0.3) is 33.7 Å². The highest BCUT2D eigenvalue weighted by atomic mass is 16.5. The Morgan fingerprint density at radius 1 is 0.923 bits per heavy atom. The molecule has 0 unspecified atom stereocenters. The molecule has 3 aromatic heterocycles. The average molecular weight is 528 g/mol. The predicted molar refractivity (Wildman–Crippen MR) is 149 cm³/mol. The molecule has 0 saturated carbocycles. The van der Waals surface area contributed by atoms with Crippen molar-refractivity contribution in [2.24, 2.45) is 0 Å². The fourth-order valence-corrected chi connectivity index (χ4v) is 4.91. The number of ether oxygens (including phenoxy) is 3. The van der Waals surface area contributed by atoms with Gasteiger partial charge in [0.1, 0.15) is 17.2 Å². The van der Waals surface area contributed by atoms with E-state index in [1.165, 1.54) is 0 Å². The van der Waals surface area contributed by atoms with Gasteiger partial charge in [0.2, 0.25) is 0 Å². The maximum Gasteiger partial charge on any atom is 0.159 e. The Kier molecular flexibility index (Phi) is 7.29. The van der Waals surface area contributed by atoms with Gasteiger partial charge >= 0.3 is 0 Å². The molecule has 0 spiro atoms. The molecular weight excluding hydrogens is 494 g/mol. The molecule has 1 saturated heterocycles. The molecule has 5 aromatic rings. The molecule has 2 N–H and O–H groups in total. The Labute approximate surface area is 226 Å². The fraction of sp³-hybridized carbons (Fsp3) is 0.345. The van der Waals surface area contributed by atoms with Crippen LogP contribution in [0.5, 0.6) is 11.5 Å². The Morgan fingerprint density at radius 2 is 1.74 bits per heavy atom. The van der Waals surface area contributed by atoms with Crippen LogP contribution in [0.1, 0.15) is 11.3 Å². The van der Waals surface area contributed by atoms with E-state index < -0.39 is 0 Å². The van der Waals surface area contributed by atoms with Crippen molar-refractivity contribution in [2.75, 3.05) is 47.1 Å². The smallest absolute Gasteiger partial charge is 0.159 e. The van der Waals surface area contributed by atoms with Crippen molar-refractivity contribution in [1.29, 1.82) is 0 Å². The van der Waals surface area contributed by atoms with Crippen LogP contribution in [0.3, 0.4) is 0 Å². The molecule has 0 radical (unpaired) electrons. The summed E-state index contributed by atoms with van der Waals surface area (Å²) in [6.45, 7) is 5.45. The number of nitrogens with one attached hydrogen (secondary N) is 2. The Balaban J connectivity index is 1.12. The zero-order valence-electron chi connectivity index (χ0n) is 22.3. The number of benzene rings is 2. The maximum absolute atomic E-state index is 5.44. The number of H-pyrrole nitrogens is 2. The summed E-state index contributed by atoms with van der Waals surface area (Å²) in [5.74, 6) is 2.32. The number of morpholine rings is 1. The van der Waals surface area contributed by atoms with E-state index in [4.69, 9.17) is 19.2 Å². The van der Waals surface area contributed by atoms with Gasteiger partial charge in [0, 0.05) is 43.2 Å². The highest BCUT2D eigenvalue weighted by Gasteiger charge is 2.13. The largest absolute Gasteiger partial charge is 0.497 e. The first-order valence-corrected chi connectivity index (χ1v) is 13.3. The van der Waals surface area contributed by atoms with E-state index in [-0.39, 0.29) is 0 Å². The topological polar surface area (TPSA) is 106 Å². The Hall–Kier alpha value is -4.15. The van der Waals surface area contributed by atoms with E-state index >= 15 is 0 Å². The zero-order chi connectivity index (χ0) is 26.6. The predicted octanol–water partition coefficient (Wildman–Crippen LogP) is 3.95. The van der Waals surface area contributed by atoms with Crippen molar-refractivity contribution < 1.29 is 14.2 Å². The summed E-state index contributed by atoms with van der Waals surface area (Å²) in [5, 5.41) is 12.2. The number of nitrogens with zero attached hydrogens (tertiary/aromatic N) is 5. The highest BCUT2D eigenvalue weighted by Crippen LogP contribution is 2.27. The number of hydrogen-bond acceptors (Lipinski definition) is 7. The highest BCUT2D eigenvalue weighted by molar-refractivity contribution is 5.84. The van der Waals surface area contributed by atoms with Gasteiger partial charge < -0.3 is 19.2 Å². The second-order valence-corrected chi connectivity index (χ2v) is 9.76. The molecule has 10 heteroatoms. The van der Waals surface area contributed by atoms with E-state index in [9.17, 15) is 0 Å². The van der Waals surface area contributed by atoms with Crippen molar-refractivity contribution in [1.82, 2.24) is 34.8 Å². The third-order valence-electron chi connectivity index (χ3n) is 7.17. The van der Waals surface area contributed by atoms with Crippen molar-refractivity contribution in [3.05, 3.63) is 66.1 Å². The summed E-state index contributed by atoms with van der Waals surface area (Å²) in [7, 11) is 3.33. The van der Waals surface area contributed by atoms with E-state index in [0.717, 1.165) is 109 Å². The minimum absolute atomic E-state index is 0.744. The lowest BCUT2D eigenvalue weighted by atomic mass is 10.1. The van der Waals surface area contributed by atoms with E-state index in [0.29, 0.717) is 0 Å². The van der Waals surface area contributed by atoms with Crippen molar-refractivity contribution >= 4 is 11.0 Å². The lowest BCUT2D eigenvalue weighted by Crippen LogP contribution is -2.38. The van der Waals surface area contributed by atoms with Crippen LogP contribution in [-0.2, 0) is 24.1 Å². The minimum Gasteiger partial charge on any atom is -0.497 e. The van der Waals surface area contributed by atoms with E-state index in [1.54, 1.807) is 14.2 Å². The van der Waals surface area contributed by atoms with Crippen LogP contribution >= 0.6 is 0 Å². The summed E-state index contributed by atoms with van der Waals surface area (Å²) in [6, 6.07) is 14.3. The molecule has 0 aliphatic carbocycles. The summed E-state index contributed by atoms with van der Waals surface area (Å²) in [4.78, 5) is 10.6. The number of hydrogen-bond donors (Lipinski definition) is 2. The third kappa shape index (κ3) is 5.81. The van der Waals surface area contributed by atoms with Crippen molar-refractivity contribution in [3.63, 3.8) is 0 Å². The normalized spacial score (nSPS) is 14.2. The molecular formula is C29H33N7O3. The second-order valence-electron chi connectivity index (χ2n) is 9.76. The standard InChI is InChI=1S/C29H33N7O3/c1-37-24-13-20(14-25(17-24)38-2)3-5-23-16-28(34-33-23)29-31-26-6-4-21(15-27(26)32-29)22-18-30-36(19-22)8-7-35-9-11-39-12-10-35/h4,6,13-19H,3,5,7-12H2,1-2H3,(H,31,32)(H,33,34). The van der Waals surface area contributed by atoms with Crippen molar-refractivity contribution in [2.45, 2.75) is 19.4 Å². The number of rotatable bonds is 10. The third-order valence-corrected chi connectivity index (χ3v) is 7.17. The Bertz CT molecular complexity index is 1530. The van der Waals surface area contributed by atoms with Gasteiger partial charge in [-0.2, -0.15) is 10.2 Å². The molecule has 0 amide bonds. The average Bonchev–Trinajstić information content (AvgIpc) is 3.74. The molecule has 202 valence electrons. The van der Waals surface area contributed by atoms with Gasteiger partial charge in [0.15, 0.2) is 5.82 Å². The first kappa shape index (κ1) is 25.1. The Morgan fingerprint density at radius 3 is 2.54 bits per heavy atom. The van der Waals surface area contributed by atoms with Crippen LogP contribution in [0, 0.1) is 0 Å². The second kappa shape index (κ2) is 11.3. The van der Waals surface area contributed by atoms with Gasteiger partial charge in [-0.05, 0) is 54.3 Å². The number of imidazole rings is 1. The van der Waals surface area contributed by atoms with E-state index in [1.807, 2.05) is 35.1 Å². The van der Waals surface area contributed by atoms with Gasteiger partial charge in [0.25, 0.3) is 0 Å². The number of aromatic nitrogens is 6. The molecule has 10 nitrogen and oxygen atoms in total. The summed E-state index contributed by atoms with van der Waals surface area (Å²) < 4.78 is 18.2. The van der Waals surface area contributed by atoms with Crippen molar-refractivity contribution in [3.8, 4) is 34.1 Å². The summed E-state index contributed by atoms with van der Waals surface area (Å²) in [5.41, 5.74) is 7.04. The molecule has 0 bridgehead atoms. The number of aromatic amines is 2. The molecule has 1 fully saturated rings. The molecule has 39 heavy (non-hydrogen) atoms. The molecule has 1 aliphatic heterocycles. The molecule has 4 heterocycles. The number of methoxy groups -OCH3 is 2. The van der Waals surface area contributed by atoms with Crippen LogP contribution < -0.4 is 9.47 Å². The lowest BCUT2D eigenvalue weighted by molar-refractivity contribution is 0.0360. The van der Waals surface area contributed by atoms with Gasteiger partial charge in [0.05, 0.1) is 51.2 Å². The first-order chi connectivity index (χ1) is 19.2. The molecule has 0 atom stereocenters. The van der Waals surface area contributed by atoms with Gasteiger partial charge in [-0.15, -0.1) is 0 Å². The zero-order valence-corrected chi connectivity index (χ0v) is 22.3. The van der Waals surface area contributed by atoms with Crippen LogP contribution in [0.15, 0.2) is 54.9 Å². The SMILES string of the molecule is COc1cc(CCc2cc(-c3nc4ccc(-c5cnn(CCN6CCOCC6)c5)cc4[nH]3)n[nH]2)cc(OC)c1. The molecule has 1 aliphatic rings. The quantitative estimate of drug-likeness (QED) is 0.283. The van der Waals surface area contributed by atoms with Crippen LogP contribution in [0.4, 0.5) is 0 Å². The first-order valence-electron chi connectivity index (χ1n) is 13.3. The van der Waals surface area contributed by atoms with Crippen LogP contribution in [-0.4, -0.2) is 81.9 Å². The monoisotopic (exact) mass is 527 g/mol. The van der Waals surface area contributed by atoms with Gasteiger partial charge in [-0.3, -0.25) is 14.7 Å². The van der Waals surface area contributed by atoms with Crippen LogP contribution in [0.2, 0.25) is 0 Å². The molecule has 2 aromatic carbocycles. The van der Waals surface area contributed by atoms with Gasteiger partial charge in [-0.25, -0.2) is 4.98 Å². The summed E-state index contributed by atoms with van der Waals surface area (Å²) >= 11 is 0. The number of aryl methyl sites for hydroxylation is 2. The lowest BCUT2D eigenvalue weighted by Gasteiger charge is -2.26. The maximum atomic E-state index is 5.44. The number of fused-ring (bicyclic) bond motifs is 1. The van der Waals surface area contributed by atoms with E-state index in [2.05, 4.69) is 49.6 Å².